The molecule has 0 aliphatic heterocycles. The highest BCUT2D eigenvalue weighted by atomic mass is 19.1. The van der Waals surface area contributed by atoms with E-state index in [0.29, 0.717) is 12.3 Å². The van der Waals surface area contributed by atoms with Crippen molar-refractivity contribution in [3.8, 4) is 5.75 Å². The average molecular weight is 273 g/mol. The second kappa shape index (κ2) is 5.53. The molecule has 0 saturated carbocycles. The van der Waals surface area contributed by atoms with E-state index >= 15 is 0 Å². The van der Waals surface area contributed by atoms with E-state index in [-0.39, 0.29) is 11.2 Å². The van der Waals surface area contributed by atoms with Gasteiger partial charge in [0.1, 0.15) is 18.2 Å². The summed E-state index contributed by atoms with van der Waals surface area (Å²) < 4.78 is 19.1. The summed E-state index contributed by atoms with van der Waals surface area (Å²) >= 11 is 0. The fourth-order valence-corrected chi connectivity index (χ4v) is 2.13. The van der Waals surface area contributed by atoms with Crippen molar-refractivity contribution in [3.05, 3.63) is 59.4 Å². The molecule has 0 amide bonds. The summed E-state index contributed by atoms with van der Waals surface area (Å²) in [7, 11) is 0. The van der Waals surface area contributed by atoms with Crippen LogP contribution in [0.4, 0.5) is 10.1 Å². The number of hydrogen-bond donors (Lipinski definition) is 1. The van der Waals surface area contributed by atoms with E-state index in [0.717, 1.165) is 16.9 Å². The third-order valence-corrected chi connectivity index (χ3v) is 3.07. The van der Waals surface area contributed by atoms with Crippen molar-refractivity contribution in [2.45, 2.75) is 32.8 Å². The Morgan fingerprint density at radius 3 is 2.45 bits per heavy atom. The van der Waals surface area contributed by atoms with Crippen molar-refractivity contribution in [3.63, 3.8) is 0 Å². The first-order valence-electron chi connectivity index (χ1n) is 6.63. The molecule has 2 aromatic rings. The van der Waals surface area contributed by atoms with E-state index in [1.165, 1.54) is 12.1 Å². The van der Waals surface area contributed by atoms with Crippen molar-refractivity contribution in [1.82, 2.24) is 0 Å². The van der Waals surface area contributed by atoms with Gasteiger partial charge in [0.25, 0.3) is 0 Å². The lowest BCUT2D eigenvalue weighted by molar-refractivity contribution is 0.297. The maximum absolute atomic E-state index is 13.3. The van der Waals surface area contributed by atoms with E-state index in [1.807, 2.05) is 18.2 Å². The molecular weight excluding hydrogens is 253 g/mol. The Balaban J connectivity index is 2.19. The quantitative estimate of drug-likeness (QED) is 0.847. The minimum atomic E-state index is -0.340. The van der Waals surface area contributed by atoms with Crippen LogP contribution in [-0.2, 0) is 12.0 Å². The first kappa shape index (κ1) is 14.4. The molecule has 20 heavy (non-hydrogen) atoms. The fourth-order valence-electron chi connectivity index (χ4n) is 2.13. The molecule has 0 unspecified atom stereocenters. The minimum absolute atomic E-state index is 0.00242. The standard InChI is InChI=1S/C17H20FNO/c1-17(2,3)15-6-4-5-7-16(15)20-11-12-8-13(18)10-14(19)9-12/h4-10H,11,19H2,1-3H3. The number of anilines is 1. The van der Waals surface area contributed by atoms with Crippen LogP contribution >= 0.6 is 0 Å². The molecule has 2 N–H and O–H groups in total. The molecule has 0 aliphatic rings. The molecule has 0 fully saturated rings. The summed E-state index contributed by atoms with van der Waals surface area (Å²) in [6, 6.07) is 12.4. The zero-order chi connectivity index (χ0) is 14.8. The fraction of sp³-hybridized carbons (Fsp3) is 0.294. The van der Waals surface area contributed by atoms with Gasteiger partial charge < -0.3 is 10.5 Å². The molecule has 2 aromatic carbocycles. The van der Waals surface area contributed by atoms with E-state index in [2.05, 4.69) is 26.8 Å². The van der Waals surface area contributed by atoms with Gasteiger partial charge in [0.05, 0.1) is 0 Å². The summed E-state index contributed by atoms with van der Waals surface area (Å²) in [6.45, 7) is 6.70. The third-order valence-electron chi connectivity index (χ3n) is 3.07. The Morgan fingerprint density at radius 2 is 1.80 bits per heavy atom. The molecule has 0 radical (unpaired) electrons. The van der Waals surface area contributed by atoms with E-state index in [9.17, 15) is 4.39 Å². The number of nitrogen functional groups attached to an aromatic ring is 1. The lowest BCUT2D eigenvalue weighted by Gasteiger charge is -2.22. The number of benzene rings is 2. The Morgan fingerprint density at radius 1 is 1.10 bits per heavy atom. The molecule has 2 nitrogen and oxygen atoms in total. The second-order valence-electron chi connectivity index (χ2n) is 5.93. The van der Waals surface area contributed by atoms with E-state index in [4.69, 9.17) is 10.5 Å². The second-order valence-corrected chi connectivity index (χ2v) is 5.93. The molecule has 0 aromatic heterocycles. The summed E-state index contributed by atoms with van der Waals surface area (Å²) in [5, 5.41) is 0. The topological polar surface area (TPSA) is 35.2 Å². The van der Waals surface area contributed by atoms with Crippen LogP contribution in [-0.4, -0.2) is 0 Å². The van der Waals surface area contributed by atoms with E-state index < -0.39 is 0 Å². The van der Waals surface area contributed by atoms with Crippen LogP contribution in [0.15, 0.2) is 42.5 Å². The summed E-state index contributed by atoms with van der Waals surface area (Å²) in [4.78, 5) is 0. The molecule has 0 bridgehead atoms. The largest absolute Gasteiger partial charge is 0.489 e. The summed E-state index contributed by atoms with van der Waals surface area (Å²) in [5.74, 6) is 0.482. The zero-order valence-corrected chi connectivity index (χ0v) is 12.1. The van der Waals surface area contributed by atoms with Crippen molar-refractivity contribution >= 4 is 5.69 Å². The molecule has 2 rings (SSSR count). The van der Waals surface area contributed by atoms with Crippen LogP contribution < -0.4 is 10.5 Å². The van der Waals surface area contributed by atoms with Crippen molar-refractivity contribution in [2.75, 3.05) is 5.73 Å². The lowest BCUT2D eigenvalue weighted by Crippen LogP contribution is -2.13. The molecule has 0 saturated heterocycles. The van der Waals surface area contributed by atoms with Crippen LogP contribution in [0.25, 0.3) is 0 Å². The Labute approximate surface area is 119 Å². The molecule has 0 aliphatic carbocycles. The molecule has 0 heterocycles. The zero-order valence-electron chi connectivity index (χ0n) is 12.1. The summed E-state index contributed by atoms with van der Waals surface area (Å²) in [6.07, 6.45) is 0. The Kier molecular flexibility index (Phi) is 3.98. The SMILES string of the molecule is CC(C)(C)c1ccccc1OCc1cc(N)cc(F)c1. The predicted octanol–water partition coefficient (Wildman–Crippen LogP) is 4.28. The normalized spacial score (nSPS) is 11.4. The van der Waals surface area contributed by atoms with Crippen LogP contribution in [0, 0.1) is 5.82 Å². The molecule has 0 atom stereocenters. The van der Waals surface area contributed by atoms with Gasteiger partial charge in [0.2, 0.25) is 0 Å². The van der Waals surface area contributed by atoms with Gasteiger partial charge in [0.15, 0.2) is 0 Å². The number of halogens is 1. The van der Waals surface area contributed by atoms with Gasteiger partial charge in [-0.15, -0.1) is 0 Å². The monoisotopic (exact) mass is 273 g/mol. The van der Waals surface area contributed by atoms with Gasteiger partial charge in [-0.1, -0.05) is 39.0 Å². The number of hydrogen-bond acceptors (Lipinski definition) is 2. The molecular formula is C17H20FNO. The Bertz CT molecular complexity index is 582. The number of ether oxygens (including phenoxy) is 1. The minimum Gasteiger partial charge on any atom is -0.489 e. The lowest BCUT2D eigenvalue weighted by atomic mass is 9.86. The van der Waals surface area contributed by atoms with Crippen molar-refractivity contribution < 1.29 is 9.13 Å². The highest BCUT2D eigenvalue weighted by Crippen LogP contribution is 2.31. The smallest absolute Gasteiger partial charge is 0.125 e. The predicted molar refractivity (Wildman–Crippen MR) is 80.3 cm³/mol. The Hall–Kier alpha value is -2.03. The van der Waals surface area contributed by atoms with Gasteiger partial charge >= 0.3 is 0 Å². The van der Waals surface area contributed by atoms with Gasteiger partial charge in [-0.2, -0.15) is 0 Å². The number of para-hydroxylation sites is 1. The first-order chi connectivity index (χ1) is 9.36. The van der Waals surface area contributed by atoms with Crippen LogP contribution in [0.3, 0.4) is 0 Å². The summed E-state index contributed by atoms with van der Waals surface area (Å²) in [5.41, 5.74) is 7.90. The highest BCUT2D eigenvalue weighted by molar-refractivity contribution is 5.42. The molecule has 106 valence electrons. The molecule has 0 spiro atoms. The van der Waals surface area contributed by atoms with Crippen molar-refractivity contribution in [1.29, 1.82) is 0 Å². The van der Waals surface area contributed by atoms with Gasteiger partial charge in [0, 0.05) is 5.69 Å². The third kappa shape index (κ3) is 3.50. The van der Waals surface area contributed by atoms with Gasteiger partial charge in [-0.25, -0.2) is 4.39 Å². The first-order valence-corrected chi connectivity index (χ1v) is 6.63. The van der Waals surface area contributed by atoms with Crippen LogP contribution in [0.2, 0.25) is 0 Å². The van der Waals surface area contributed by atoms with Crippen LogP contribution in [0.1, 0.15) is 31.9 Å². The number of rotatable bonds is 3. The average Bonchev–Trinajstić information content (AvgIpc) is 2.34. The van der Waals surface area contributed by atoms with Gasteiger partial charge in [-0.3, -0.25) is 0 Å². The highest BCUT2D eigenvalue weighted by Gasteiger charge is 2.18. The maximum Gasteiger partial charge on any atom is 0.125 e. The molecule has 3 heteroatoms. The van der Waals surface area contributed by atoms with E-state index in [1.54, 1.807) is 6.07 Å². The van der Waals surface area contributed by atoms with Crippen molar-refractivity contribution in [2.24, 2.45) is 0 Å². The van der Waals surface area contributed by atoms with Gasteiger partial charge in [-0.05, 0) is 40.8 Å². The maximum atomic E-state index is 13.3. The van der Waals surface area contributed by atoms with Crippen LogP contribution in [0.5, 0.6) is 5.75 Å². The number of nitrogens with two attached hydrogens (primary N) is 1.